The first-order valence-electron chi connectivity index (χ1n) is 25.0. The summed E-state index contributed by atoms with van der Waals surface area (Å²) in [5.74, 6) is -3.18. The van der Waals surface area contributed by atoms with E-state index in [-0.39, 0.29) is 80.3 Å². The van der Waals surface area contributed by atoms with Gasteiger partial charge in [-0.3, -0.25) is 47.9 Å². The molecule has 6 heterocycles. The minimum absolute atomic E-state index is 0.0228. The predicted molar refractivity (Wildman–Crippen MR) is 270 cm³/mol. The van der Waals surface area contributed by atoms with Gasteiger partial charge in [-0.05, 0) is 32.8 Å². The molecule has 9 atom stereocenters. The number of carboxylic acids is 3. The topological polar surface area (TPSA) is 412 Å². The van der Waals surface area contributed by atoms with Crippen LogP contribution in [0.3, 0.4) is 0 Å². The van der Waals surface area contributed by atoms with Gasteiger partial charge in [0.15, 0.2) is 17.6 Å². The normalized spacial score (nSPS) is 24.2. The zero-order chi connectivity index (χ0) is 56.9. The van der Waals surface area contributed by atoms with E-state index in [1.54, 1.807) is 26.1 Å². The Balaban J connectivity index is 0.000000330. The monoisotopic (exact) mass is 1100 g/mol. The molecular formula is C48H75FN9O17S+. The maximum atomic E-state index is 13.4. The summed E-state index contributed by atoms with van der Waals surface area (Å²) in [6.07, 6.45) is 12.7. The Hall–Kier alpha value is -5.84. The van der Waals surface area contributed by atoms with Crippen LogP contribution >= 0.6 is 11.8 Å². The molecule has 0 aliphatic carbocycles. The Morgan fingerprint density at radius 2 is 1.30 bits per heavy atom. The smallest absolute Gasteiger partial charge is 0.351 e. The number of nitrogens with one attached hydrogen (secondary N) is 1. The molecule has 11 N–H and O–H groups in total. The van der Waals surface area contributed by atoms with Gasteiger partial charge in [0.1, 0.15) is 65.0 Å². The number of anilines is 1. The number of aromatic nitrogens is 2. The number of nitrogen functional groups attached to an aromatic ring is 1. The van der Waals surface area contributed by atoms with Gasteiger partial charge in [0, 0.05) is 61.2 Å². The zero-order valence-corrected chi connectivity index (χ0v) is 44.0. The summed E-state index contributed by atoms with van der Waals surface area (Å²) in [5.41, 5.74) is 17.3. The molecular weight excluding hydrogens is 1030 g/mol. The average molecular weight is 1100 g/mol. The summed E-state index contributed by atoms with van der Waals surface area (Å²) in [5, 5.41) is 55.3. The Morgan fingerprint density at radius 3 is 1.75 bits per heavy atom. The number of hydrogen-bond donors (Lipinski definition) is 9. The number of carbonyl (C=O) groups is 7. The van der Waals surface area contributed by atoms with Crippen LogP contribution in [0.15, 0.2) is 45.7 Å². The SMILES string of the molecule is CC1=CN(C2CC(F)C(CO)O2)C(=O)CC1=O.CC1=CN(C2CC(N=[N+]=N)C(CO)O2)C(=O)CC1=O.CCCCCCCCCCCCC(=O)O.NC(CCC(=O)O)C(=O)O.Nc1ccn([C@@H]2CS[C@H](CO)O2)c(=O)n1. The molecule has 76 heavy (non-hydrogen) atoms. The summed E-state index contributed by atoms with van der Waals surface area (Å²) in [4.78, 5) is 96.8. The van der Waals surface area contributed by atoms with Crippen LogP contribution in [0.2, 0.25) is 0 Å². The van der Waals surface area contributed by atoms with Crippen LogP contribution in [0.1, 0.15) is 136 Å². The van der Waals surface area contributed by atoms with Gasteiger partial charge >= 0.3 is 23.6 Å². The average Bonchev–Trinajstić information content (AvgIpc) is 4.13. The second kappa shape index (κ2) is 35.5. The number of aliphatic hydroxyl groups is 3. The third-order valence-corrected chi connectivity index (χ3v) is 13.2. The van der Waals surface area contributed by atoms with Gasteiger partial charge in [-0.25, -0.2) is 9.18 Å². The Labute approximate surface area is 443 Å². The van der Waals surface area contributed by atoms with E-state index in [9.17, 15) is 47.9 Å². The molecule has 26 nitrogen and oxygen atoms in total. The molecule has 0 spiro atoms. The largest absolute Gasteiger partial charge is 0.481 e. The number of halogens is 1. The molecule has 7 unspecified atom stereocenters. The van der Waals surface area contributed by atoms with E-state index in [2.05, 4.69) is 21.9 Å². The number of nitrogens with zero attached hydrogens (tertiary/aromatic N) is 6. The number of allylic oxidation sites excluding steroid dienone is 2. The number of aliphatic hydroxyl groups excluding tert-OH is 3. The van der Waals surface area contributed by atoms with E-state index < -0.39 is 79.0 Å². The van der Waals surface area contributed by atoms with E-state index in [0.717, 1.165) is 12.8 Å². The van der Waals surface area contributed by atoms with Crippen LogP contribution in [0.25, 0.3) is 0 Å². The minimum Gasteiger partial charge on any atom is -0.481 e. The Morgan fingerprint density at radius 1 is 0.789 bits per heavy atom. The quantitative estimate of drug-likeness (QED) is 0.0349. The van der Waals surface area contributed by atoms with Crippen molar-refractivity contribution in [3.05, 3.63) is 46.3 Å². The lowest BCUT2D eigenvalue weighted by Gasteiger charge is -2.28. The van der Waals surface area contributed by atoms with Gasteiger partial charge in [0.25, 0.3) is 0 Å². The number of nitrogens with two attached hydrogens (primary N) is 2. The number of ketones is 2. The van der Waals surface area contributed by atoms with Gasteiger partial charge in [-0.2, -0.15) is 4.98 Å². The Bertz CT molecular complexity index is 2250. The Kier molecular flexibility index (Phi) is 30.9. The second-order valence-corrected chi connectivity index (χ2v) is 19.3. The number of aliphatic carboxylic acids is 3. The van der Waals surface area contributed by atoms with E-state index in [1.807, 2.05) is 0 Å². The van der Waals surface area contributed by atoms with Crippen molar-refractivity contribution in [3.8, 4) is 0 Å². The molecule has 5 aliphatic heterocycles. The molecule has 0 aromatic carbocycles. The number of hydrogen-bond acceptors (Lipinski definition) is 20. The van der Waals surface area contributed by atoms with Crippen LogP contribution in [-0.2, 0) is 47.8 Å². The summed E-state index contributed by atoms with van der Waals surface area (Å²) in [6, 6.07) is 0.0320. The van der Waals surface area contributed by atoms with Crippen molar-refractivity contribution in [1.82, 2.24) is 24.3 Å². The number of amides is 2. The minimum atomic E-state index is -1.29. The van der Waals surface area contributed by atoms with E-state index in [0.29, 0.717) is 29.7 Å². The molecule has 1 aromatic rings. The van der Waals surface area contributed by atoms with Crippen LogP contribution in [0.4, 0.5) is 10.2 Å². The van der Waals surface area contributed by atoms with Gasteiger partial charge in [-0.1, -0.05) is 64.7 Å². The van der Waals surface area contributed by atoms with Gasteiger partial charge in [-0.15, -0.1) is 11.8 Å². The molecule has 426 valence electrons. The van der Waals surface area contributed by atoms with Crippen LogP contribution in [0, 0.1) is 5.53 Å². The number of unbranched alkanes of at least 4 members (excludes halogenated alkanes) is 9. The lowest BCUT2D eigenvalue weighted by Crippen LogP contribution is -2.40. The zero-order valence-electron chi connectivity index (χ0n) is 43.2. The highest BCUT2D eigenvalue weighted by molar-refractivity contribution is 8.00. The van der Waals surface area contributed by atoms with Gasteiger partial charge in [0.2, 0.25) is 16.7 Å². The molecule has 3 saturated heterocycles. The molecule has 0 bridgehead atoms. The highest BCUT2D eigenvalue weighted by atomic mass is 32.2. The van der Waals surface area contributed by atoms with Crippen molar-refractivity contribution in [2.75, 3.05) is 31.3 Å². The number of ether oxygens (including phenoxy) is 3. The first-order chi connectivity index (χ1) is 36.1. The summed E-state index contributed by atoms with van der Waals surface area (Å²) >= 11 is 1.47. The number of alkyl halides is 1. The van der Waals surface area contributed by atoms with Crippen molar-refractivity contribution in [1.29, 1.82) is 5.53 Å². The van der Waals surface area contributed by atoms with Crippen molar-refractivity contribution >= 4 is 58.9 Å². The maximum absolute atomic E-state index is 13.4. The molecule has 0 radical (unpaired) electrons. The molecule has 0 saturated carbocycles. The fraction of sp³-hybridized carbons (Fsp3) is 0.688. The highest BCUT2D eigenvalue weighted by Crippen LogP contribution is 2.31. The fourth-order valence-electron chi connectivity index (χ4n) is 7.69. The number of rotatable bonds is 22. The number of thioether (sulfide) groups is 1. The van der Waals surface area contributed by atoms with Crippen LogP contribution in [0.5, 0.6) is 0 Å². The molecule has 3 fully saturated rings. The first kappa shape index (κ1) is 66.3. The molecule has 6 rings (SSSR count). The van der Waals surface area contributed by atoms with Crippen LogP contribution in [-0.4, -0.2) is 165 Å². The van der Waals surface area contributed by atoms with E-state index in [1.165, 1.54) is 89.9 Å². The van der Waals surface area contributed by atoms with Crippen molar-refractivity contribution in [2.24, 2.45) is 10.8 Å². The van der Waals surface area contributed by atoms with Crippen LogP contribution < -0.4 is 22.1 Å². The lowest BCUT2D eigenvalue weighted by molar-refractivity contribution is -0.145. The van der Waals surface area contributed by atoms with Crippen molar-refractivity contribution in [3.63, 3.8) is 0 Å². The van der Waals surface area contributed by atoms with E-state index in [4.69, 9.17) is 56.7 Å². The fourth-order valence-corrected chi connectivity index (χ4v) is 8.63. The van der Waals surface area contributed by atoms with E-state index >= 15 is 0 Å². The third kappa shape index (κ3) is 23.6. The molecule has 5 aliphatic rings. The molecule has 28 heteroatoms. The third-order valence-electron chi connectivity index (χ3n) is 12.1. The molecule has 2 amide bonds. The predicted octanol–water partition coefficient (Wildman–Crippen LogP) is 2.91. The lowest BCUT2D eigenvalue weighted by atomic mass is 10.1. The maximum Gasteiger partial charge on any atom is 0.351 e. The summed E-state index contributed by atoms with van der Waals surface area (Å²) in [7, 11) is 0. The van der Waals surface area contributed by atoms with Gasteiger partial charge in [0.05, 0.1) is 32.7 Å². The van der Waals surface area contributed by atoms with Gasteiger partial charge < -0.3 is 56.3 Å². The summed E-state index contributed by atoms with van der Waals surface area (Å²) in [6.45, 7) is 4.75. The van der Waals surface area contributed by atoms with Crippen molar-refractivity contribution in [2.45, 2.75) is 185 Å². The first-order valence-corrected chi connectivity index (χ1v) is 26.1. The number of Topliss-reactive ketones (excluding diaryl/α,β-unsaturated/α-hetero) is 2. The summed E-state index contributed by atoms with van der Waals surface area (Å²) < 4.78 is 30.9. The molecule has 1 aromatic heterocycles. The second-order valence-electron chi connectivity index (χ2n) is 18.1. The standard InChI is InChI=1S/C13H26O2.C11H14FNO4.C11H15N4O4.C8H11N3O3S.C5H9NO4/c1-2-3-4-5-6-7-8-9-10-11-12-13(14)15;1-6-4-13(10(16)3-8(6)15)11-2-7(12)9(5-14)17-11;1-6-4-15(10(18)3-8(6)17)11-2-7(13-14-12)9(5-16)19-11;9-5-1-2-11(8(13)10-5)6-4-15-7(3-12)14-6;6-3(5(9)10)1-2-4(7)8/h2-12H2,1H3,(H,14,15);4,7,9,11,14H,2-3,5H2,1H3;4,7,9,11-12,16H,2-3,5H2,1H3;1-2,6-7,12H,3-4H2,(H2,9,10,13);3H,1-2,6H2,(H,7,8)(H,9,10)/q;;+1;;/t;;;6-,7+;/m...0./s1. The highest BCUT2D eigenvalue weighted by Gasteiger charge is 2.43. The number of carboxylic acid groups (broad SMARTS) is 3. The number of carbonyl (C=O) groups excluding carboxylic acids is 4. The van der Waals surface area contributed by atoms with Crippen molar-refractivity contribution < 1.29 is 82.8 Å².